The second-order valence-corrected chi connectivity index (χ2v) is 7.72. The van der Waals surface area contributed by atoms with Crippen LogP contribution >= 0.6 is 11.6 Å². The molecule has 150 valence electrons. The number of aromatic nitrogens is 2. The number of fused-ring (bicyclic) bond motifs is 1. The standard InChI is InChI=1S/C22H23ClN4O2/c1-26-22(29)16-9-3-2-8-15(16)20(25-26)21(28)24-14-19(27-12-6-7-13-27)17-10-4-5-11-18(17)23/h2-5,8-11,19H,6-7,12-14H2,1H3,(H,24,28). The molecule has 2 heterocycles. The van der Waals surface area contributed by atoms with Crippen LogP contribution < -0.4 is 10.9 Å². The molecule has 2 aromatic carbocycles. The normalized spacial score (nSPS) is 15.5. The number of rotatable bonds is 5. The summed E-state index contributed by atoms with van der Waals surface area (Å²) in [5.41, 5.74) is 1.04. The Hall–Kier alpha value is -2.70. The van der Waals surface area contributed by atoms with Gasteiger partial charge in [-0.3, -0.25) is 14.5 Å². The largest absolute Gasteiger partial charge is 0.349 e. The Balaban J connectivity index is 1.62. The summed E-state index contributed by atoms with van der Waals surface area (Å²) in [4.78, 5) is 27.7. The molecule has 1 fully saturated rings. The second kappa shape index (κ2) is 8.35. The number of likely N-dealkylation sites (tertiary alicyclic amines) is 1. The number of aryl methyl sites for hydroxylation is 1. The van der Waals surface area contributed by atoms with Gasteiger partial charge in [0.25, 0.3) is 11.5 Å². The maximum Gasteiger partial charge on any atom is 0.274 e. The first-order chi connectivity index (χ1) is 14.1. The molecule has 1 aliphatic heterocycles. The Morgan fingerprint density at radius 3 is 2.48 bits per heavy atom. The smallest absolute Gasteiger partial charge is 0.274 e. The van der Waals surface area contributed by atoms with Crippen molar-refractivity contribution in [3.05, 3.63) is 75.2 Å². The summed E-state index contributed by atoms with van der Waals surface area (Å²) in [6.45, 7) is 2.38. The van der Waals surface area contributed by atoms with E-state index in [0.717, 1.165) is 31.5 Å². The molecular weight excluding hydrogens is 388 g/mol. The van der Waals surface area contributed by atoms with Crippen molar-refractivity contribution in [3.8, 4) is 0 Å². The summed E-state index contributed by atoms with van der Waals surface area (Å²) in [6.07, 6.45) is 2.28. The zero-order valence-corrected chi connectivity index (χ0v) is 17.0. The summed E-state index contributed by atoms with van der Waals surface area (Å²) < 4.78 is 1.21. The average molecular weight is 411 g/mol. The highest BCUT2D eigenvalue weighted by molar-refractivity contribution is 6.31. The van der Waals surface area contributed by atoms with Crippen molar-refractivity contribution < 1.29 is 4.79 Å². The van der Waals surface area contributed by atoms with E-state index in [0.29, 0.717) is 22.3 Å². The van der Waals surface area contributed by atoms with Crippen LogP contribution in [0.4, 0.5) is 0 Å². The topological polar surface area (TPSA) is 67.2 Å². The Bertz CT molecular complexity index is 1110. The Labute approximate surface area is 174 Å². The minimum absolute atomic E-state index is 0.00561. The maximum absolute atomic E-state index is 13.0. The van der Waals surface area contributed by atoms with Gasteiger partial charge in [-0.25, -0.2) is 4.68 Å². The number of amides is 1. The van der Waals surface area contributed by atoms with Gasteiger partial charge in [0.05, 0.1) is 11.4 Å². The average Bonchev–Trinajstić information content (AvgIpc) is 3.26. The lowest BCUT2D eigenvalue weighted by molar-refractivity contribution is 0.0932. The lowest BCUT2D eigenvalue weighted by atomic mass is 10.0. The summed E-state index contributed by atoms with van der Waals surface area (Å²) >= 11 is 6.46. The van der Waals surface area contributed by atoms with Crippen molar-refractivity contribution in [2.75, 3.05) is 19.6 Å². The van der Waals surface area contributed by atoms with E-state index < -0.39 is 0 Å². The Kier molecular flexibility index (Phi) is 5.65. The number of carbonyl (C=O) groups is 1. The molecule has 1 saturated heterocycles. The third-order valence-corrected chi connectivity index (χ3v) is 5.82. The Morgan fingerprint density at radius 1 is 1.10 bits per heavy atom. The number of hydrogen-bond donors (Lipinski definition) is 1. The summed E-state index contributed by atoms with van der Waals surface area (Å²) in [6, 6.07) is 14.8. The van der Waals surface area contributed by atoms with E-state index in [-0.39, 0.29) is 23.2 Å². The lowest BCUT2D eigenvalue weighted by Crippen LogP contribution is -2.38. The fourth-order valence-electron chi connectivity index (χ4n) is 3.97. The molecule has 3 aromatic rings. The predicted octanol–water partition coefficient (Wildman–Crippen LogP) is 3.15. The number of nitrogens with zero attached hydrogens (tertiary/aromatic N) is 3. The van der Waals surface area contributed by atoms with E-state index in [2.05, 4.69) is 15.3 Å². The van der Waals surface area contributed by atoms with Crippen molar-refractivity contribution in [3.63, 3.8) is 0 Å². The molecule has 1 atom stereocenters. The van der Waals surface area contributed by atoms with Crippen LogP contribution in [-0.2, 0) is 7.05 Å². The van der Waals surface area contributed by atoms with Crippen LogP contribution in [-0.4, -0.2) is 40.2 Å². The molecule has 0 spiro atoms. The number of hydrogen-bond acceptors (Lipinski definition) is 4. The lowest BCUT2D eigenvalue weighted by Gasteiger charge is -2.29. The van der Waals surface area contributed by atoms with Crippen molar-refractivity contribution in [1.29, 1.82) is 0 Å². The van der Waals surface area contributed by atoms with E-state index in [1.165, 1.54) is 4.68 Å². The van der Waals surface area contributed by atoms with Crippen molar-refractivity contribution in [2.24, 2.45) is 7.05 Å². The van der Waals surface area contributed by atoms with Crippen LogP contribution in [0.1, 0.15) is 34.9 Å². The number of carbonyl (C=O) groups excluding carboxylic acids is 1. The highest BCUT2D eigenvalue weighted by atomic mass is 35.5. The molecule has 0 aliphatic carbocycles. The van der Waals surface area contributed by atoms with E-state index in [1.807, 2.05) is 24.3 Å². The SMILES string of the molecule is Cn1nc(C(=O)NCC(c2ccccc2Cl)N2CCCC2)c2ccccc2c1=O. The van der Waals surface area contributed by atoms with Gasteiger partial charge in [0.2, 0.25) is 0 Å². The highest BCUT2D eigenvalue weighted by Gasteiger charge is 2.26. The number of nitrogens with one attached hydrogen (secondary N) is 1. The molecule has 0 saturated carbocycles. The molecule has 0 bridgehead atoms. The molecule has 1 aromatic heterocycles. The zero-order valence-electron chi connectivity index (χ0n) is 16.3. The van der Waals surface area contributed by atoms with E-state index in [1.54, 1.807) is 31.3 Å². The zero-order chi connectivity index (χ0) is 20.4. The fraction of sp³-hybridized carbons (Fsp3) is 0.318. The van der Waals surface area contributed by atoms with Crippen LogP contribution in [0.15, 0.2) is 53.3 Å². The molecule has 1 unspecified atom stereocenters. The monoisotopic (exact) mass is 410 g/mol. The van der Waals surface area contributed by atoms with Crippen molar-refractivity contribution in [1.82, 2.24) is 20.0 Å². The van der Waals surface area contributed by atoms with Crippen LogP contribution in [0, 0.1) is 0 Å². The molecule has 1 aliphatic rings. The van der Waals surface area contributed by atoms with Crippen LogP contribution in [0.25, 0.3) is 10.8 Å². The summed E-state index contributed by atoms with van der Waals surface area (Å²) in [5.74, 6) is -0.298. The quantitative estimate of drug-likeness (QED) is 0.701. The van der Waals surface area contributed by atoms with Gasteiger partial charge < -0.3 is 5.32 Å². The molecule has 1 N–H and O–H groups in total. The van der Waals surface area contributed by atoms with E-state index in [9.17, 15) is 9.59 Å². The van der Waals surface area contributed by atoms with Gasteiger partial charge in [0.1, 0.15) is 0 Å². The molecule has 7 heteroatoms. The number of benzene rings is 2. The van der Waals surface area contributed by atoms with Gasteiger partial charge in [0.15, 0.2) is 5.69 Å². The van der Waals surface area contributed by atoms with Gasteiger partial charge in [0, 0.05) is 24.0 Å². The molecule has 1 amide bonds. The summed E-state index contributed by atoms with van der Waals surface area (Å²) in [5, 5.41) is 8.98. The van der Waals surface area contributed by atoms with Gasteiger partial charge >= 0.3 is 0 Å². The van der Waals surface area contributed by atoms with Gasteiger partial charge in [-0.15, -0.1) is 0 Å². The van der Waals surface area contributed by atoms with Gasteiger partial charge in [-0.2, -0.15) is 5.10 Å². The molecule has 29 heavy (non-hydrogen) atoms. The predicted molar refractivity (Wildman–Crippen MR) is 114 cm³/mol. The first kappa shape index (κ1) is 19.6. The second-order valence-electron chi connectivity index (χ2n) is 7.31. The first-order valence-corrected chi connectivity index (χ1v) is 10.2. The van der Waals surface area contributed by atoms with Crippen LogP contribution in [0.5, 0.6) is 0 Å². The molecule has 4 rings (SSSR count). The third kappa shape index (κ3) is 3.91. The van der Waals surface area contributed by atoms with Crippen molar-refractivity contribution in [2.45, 2.75) is 18.9 Å². The molecule has 6 nitrogen and oxygen atoms in total. The van der Waals surface area contributed by atoms with Crippen LogP contribution in [0.3, 0.4) is 0 Å². The highest BCUT2D eigenvalue weighted by Crippen LogP contribution is 2.29. The van der Waals surface area contributed by atoms with E-state index >= 15 is 0 Å². The first-order valence-electron chi connectivity index (χ1n) is 9.79. The Morgan fingerprint density at radius 2 is 1.76 bits per heavy atom. The van der Waals surface area contributed by atoms with Gasteiger partial charge in [-0.1, -0.05) is 48.0 Å². The van der Waals surface area contributed by atoms with Gasteiger partial charge in [-0.05, 0) is 43.6 Å². The van der Waals surface area contributed by atoms with E-state index in [4.69, 9.17) is 11.6 Å². The summed E-state index contributed by atoms with van der Waals surface area (Å²) in [7, 11) is 1.56. The minimum Gasteiger partial charge on any atom is -0.349 e. The molecular formula is C22H23ClN4O2. The third-order valence-electron chi connectivity index (χ3n) is 5.47. The minimum atomic E-state index is -0.298. The fourth-order valence-corrected chi connectivity index (χ4v) is 4.24. The molecule has 0 radical (unpaired) electrons. The maximum atomic E-state index is 13.0. The van der Waals surface area contributed by atoms with Crippen molar-refractivity contribution >= 4 is 28.3 Å². The number of halogens is 1. The van der Waals surface area contributed by atoms with Crippen LogP contribution in [0.2, 0.25) is 5.02 Å².